The van der Waals surface area contributed by atoms with E-state index in [2.05, 4.69) is 15.9 Å². The summed E-state index contributed by atoms with van der Waals surface area (Å²) in [7, 11) is 1.69. The average molecular weight is 433 g/mol. The summed E-state index contributed by atoms with van der Waals surface area (Å²) in [6.07, 6.45) is 0. The van der Waals surface area contributed by atoms with E-state index >= 15 is 0 Å². The number of ketones is 2. The summed E-state index contributed by atoms with van der Waals surface area (Å²) >= 11 is 1.52. The predicted molar refractivity (Wildman–Crippen MR) is 121 cm³/mol. The van der Waals surface area contributed by atoms with E-state index in [9.17, 15) is 9.59 Å². The second kappa shape index (κ2) is 8.04. The molecule has 0 amide bonds. The lowest BCUT2D eigenvalue weighted by Crippen LogP contribution is -2.60. The lowest BCUT2D eigenvalue weighted by Gasteiger charge is -2.43. The van der Waals surface area contributed by atoms with Crippen molar-refractivity contribution in [2.75, 3.05) is 33.3 Å². The van der Waals surface area contributed by atoms with E-state index in [-0.39, 0.29) is 11.6 Å². The second-order valence-corrected chi connectivity index (χ2v) is 8.78. The Bertz CT molecular complexity index is 1080. The number of Topliss-reactive ketones (excluding diaryl/α,β-unsaturated/α-hetero) is 2. The molecule has 5 nitrogen and oxygen atoms in total. The number of hydrogen-bond donors (Lipinski definition) is 0. The van der Waals surface area contributed by atoms with Gasteiger partial charge in [-0.25, -0.2) is 0 Å². The third-order valence-electron chi connectivity index (χ3n) is 6.45. The van der Waals surface area contributed by atoms with Crippen LogP contribution in [0, 0.1) is 0 Å². The van der Waals surface area contributed by atoms with Gasteiger partial charge in [0.2, 0.25) is 0 Å². The van der Waals surface area contributed by atoms with Crippen molar-refractivity contribution < 1.29 is 14.3 Å². The van der Waals surface area contributed by atoms with Gasteiger partial charge in [-0.15, -0.1) is 0 Å². The summed E-state index contributed by atoms with van der Waals surface area (Å²) < 4.78 is 5.49. The molecule has 5 rings (SSSR count). The number of carbonyl (C=O) groups is 2. The van der Waals surface area contributed by atoms with Crippen LogP contribution in [0.25, 0.3) is 0 Å². The van der Waals surface area contributed by atoms with E-state index in [0.717, 1.165) is 36.5 Å². The maximum absolute atomic E-state index is 13.7. The molecule has 0 radical (unpaired) electrons. The minimum atomic E-state index is -1.24. The van der Waals surface area contributed by atoms with Crippen LogP contribution in [0.2, 0.25) is 0 Å². The molecular formula is C25H24N2O3S. The summed E-state index contributed by atoms with van der Waals surface area (Å²) in [5.74, 6) is 0.700. The maximum atomic E-state index is 13.7. The van der Waals surface area contributed by atoms with E-state index in [1.165, 1.54) is 11.3 Å². The number of rotatable bonds is 5. The molecule has 1 aromatic heterocycles. The Morgan fingerprint density at radius 3 is 2.16 bits per heavy atom. The first-order chi connectivity index (χ1) is 15.2. The van der Waals surface area contributed by atoms with Gasteiger partial charge in [0.1, 0.15) is 5.75 Å². The van der Waals surface area contributed by atoms with Crippen LogP contribution in [-0.2, 0) is 12.1 Å². The topological polar surface area (TPSA) is 49.9 Å². The van der Waals surface area contributed by atoms with Crippen LogP contribution in [0.4, 0.5) is 0 Å². The van der Waals surface area contributed by atoms with E-state index in [0.29, 0.717) is 24.2 Å². The van der Waals surface area contributed by atoms with Gasteiger partial charge in [0, 0.05) is 49.4 Å². The van der Waals surface area contributed by atoms with Gasteiger partial charge in [-0.2, -0.15) is 11.3 Å². The number of hydrogen-bond acceptors (Lipinski definition) is 6. The van der Waals surface area contributed by atoms with Gasteiger partial charge in [-0.05, 0) is 28.5 Å². The highest BCUT2D eigenvalue weighted by Gasteiger charge is 2.58. The Hall–Kier alpha value is -2.80. The van der Waals surface area contributed by atoms with E-state index < -0.39 is 5.54 Å². The first kappa shape index (κ1) is 20.1. The molecule has 0 bridgehead atoms. The highest BCUT2D eigenvalue weighted by molar-refractivity contribution is 7.08. The van der Waals surface area contributed by atoms with Gasteiger partial charge in [-0.3, -0.25) is 19.4 Å². The summed E-state index contributed by atoms with van der Waals surface area (Å²) in [6, 6.07) is 17.2. The lowest BCUT2D eigenvalue weighted by atomic mass is 9.84. The molecule has 2 aromatic carbocycles. The molecule has 3 aromatic rings. The van der Waals surface area contributed by atoms with Gasteiger partial charge < -0.3 is 4.74 Å². The molecule has 2 aliphatic rings. The van der Waals surface area contributed by atoms with Crippen LogP contribution in [0.15, 0.2) is 65.4 Å². The third-order valence-corrected chi connectivity index (χ3v) is 7.13. The molecule has 0 atom stereocenters. The SMILES string of the molecule is COc1ccccc1CN1CCN(C2(c3ccsc3)C(=O)c3ccccc3C2=O)CC1. The Kier molecular flexibility index (Phi) is 5.22. The number of methoxy groups -OCH3 is 1. The van der Waals surface area contributed by atoms with Crippen molar-refractivity contribution >= 4 is 22.9 Å². The zero-order chi connectivity index (χ0) is 21.4. The molecule has 0 spiro atoms. The molecule has 1 aliphatic carbocycles. The smallest absolute Gasteiger partial charge is 0.196 e. The minimum absolute atomic E-state index is 0.0929. The van der Waals surface area contributed by atoms with E-state index in [1.807, 2.05) is 47.2 Å². The molecule has 1 saturated heterocycles. The summed E-state index contributed by atoms with van der Waals surface area (Å²) in [6.45, 7) is 3.64. The van der Waals surface area contributed by atoms with Crippen LogP contribution in [0.1, 0.15) is 31.8 Å². The summed E-state index contributed by atoms with van der Waals surface area (Å²) in [4.78, 5) is 31.8. The number of para-hydroxylation sites is 1. The lowest BCUT2D eigenvalue weighted by molar-refractivity contribution is 0.0279. The zero-order valence-corrected chi connectivity index (χ0v) is 18.2. The maximum Gasteiger partial charge on any atom is 0.196 e. The number of benzene rings is 2. The van der Waals surface area contributed by atoms with Crippen LogP contribution >= 0.6 is 11.3 Å². The molecule has 0 unspecified atom stereocenters. The first-order valence-electron chi connectivity index (χ1n) is 10.5. The van der Waals surface area contributed by atoms with Crippen molar-refractivity contribution in [3.63, 3.8) is 0 Å². The number of nitrogens with zero attached hydrogens (tertiary/aromatic N) is 2. The Morgan fingerprint density at radius 1 is 0.903 bits per heavy atom. The number of carbonyl (C=O) groups excluding carboxylic acids is 2. The number of ether oxygens (including phenoxy) is 1. The monoisotopic (exact) mass is 432 g/mol. The molecule has 158 valence electrons. The number of piperazine rings is 1. The van der Waals surface area contributed by atoms with Crippen molar-refractivity contribution in [3.8, 4) is 5.75 Å². The van der Waals surface area contributed by atoms with Crippen molar-refractivity contribution in [1.29, 1.82) is 0 Å². The minimum Gasteiger partial charge on any atom is -0.496 e. The van der Waals surface area contributed by atoms with Gasteiger partial charge in [-0.1, -0.05) is 42.5 Å². The van der Waals surface area contributed by atoms with Crippen molar-refractivity contribution in [2.24, 2.45) is 0 Å². The molecule has 1 fully saturated rings. The second-order valence-electron chi connectivity index (χ2n) is 8.00. The van der Waals surface area contributed by atoms with Crippen molar-refractivity contribution in [3.05, 3.63) is 87.6 Å². The van der Waals surface area contributed by atoms with Gasteiger partial charge in [0.15, 0.2) is 17.1 Å². The van der Waals surface area contributed by atoms with Gasteiger partial charge >= 0.3 is 0 Å². The molecule has 0 saturated carbocycles. The van der Waals surface area contributed by atoms with E-state index in [4.69, 9.17) is 4.74 Å². The largest absolute Gasteiger partial charge is 0.496 e. The quantitative estimate of drug-likeness (QED) is 0.573. The highest BCUT2D eigenvalue weighted by atomic mass is 32.1. The Balaban J connectivity index is 1.42. The van der Waals surface area contributed by atoms with Gasteiger partial charge in [0.05, 0.1) is 7.11 Å². The van der Waals surface area contributed by atoms with Crippen molar-refractivity contribution in [1.82, 2.24) is 9.80 Å². The fourth-order valence-electron chi connectivity index (χ4n) is 4.89. The molecule has 1 aliphatic heterocycles. The molecule has 2 heterocycles. The highest BCUT2D eigenvalue weighted by Crippen LogP contribution is 2.43. The van der Waals surface area contributed by atoms with Gasteiger partial charge in [0.25, 0.3) is 0 Å². The fourth-order valence-corrected chi connectivity index (χ4v) is 5.59. The standard InChI is InChI=1S/C25H24N2O3S/c1-30-22-9-5-2-6-18(22)16-26-11-13-27(14-12-26)25(19-10-15-31-17-19)23(28)20-7-3-4-8-21(20)24(25)29/h2-10,15,17H,11-14,16H2,1H3. The first-order valence-corrected chi connectivity index (χ1v) is 11.4. The average Bonchev–Trinajstić information content (AvgIpc) is 3.42. The molecule has 31 heavy (non-hydrogen) atoms. The summed E-state index contributed by atoms with van der Waals surface area (Å²) in [5, 5.41) is 3.89. The molecular weight excluding hydrogens is 408 g/mol. The fraction of sp³-hybridized carbons (Fsp3) is 0.280. The normalized spacial score (nSPS) is 18.9. The van der Waals surface area contributed by atoms with E-state index in [1.54, 1.807) is 19.2 Å². The van der Waals surface area contributed by atoms with Crippen molar-refractivity contribution in [2.45, 2.75) is 12.1 Å². The van der Waals surface area contributed by atoms with Crippen LogP contribution in [0.3, 0.4) is 0 Å². The molecule has 6 heteroatoms. The van der Waals surface area contributed by atoms with Crippen LogP contribution in [-0.4, -0.2) is 54.7 Å². The summed E-state index contributed by atoms with van der Waals surface area (Å²) in [5.41, 5.74) is 1.78. The Morgan fingerprint density at radius 2 is 1.55 bits per heavy atom. The zero-order valence-electron chi connectivity index (χ0n) is 17.4. The van der Waals surface area contributed by atoms with Crippen LogP contribution < -0.4 is 4.74 Å². The predicted octanol–water partition coefficient (Wildman–Crippen LogP) is 3.85. The third kappa shape index (κ3) is 3.14. The number of fused-ring (bicyclic) bond motifs is 1. The number of thiophene rings is 1. The Labute approximate surface area is 185 Å². The van der Waals surface area contributed by atoms with Crippen LogP contribution in [0.5, 0.6) is 5.75 Å². The molecule has 0 N–H and O–H groups in total.